The molecule has 0 aliphatic carbocycles. The lowest BCUT2D eigenvalue weighted by atomic mass is 10.2. The van der Waals surface area contributed by atoms with Gasteiger partial charge in [-0.3, -0.25) is 9.78 Å². The van der Waals surface area contributed by atoms with Gasteiger partial charge in [0.15, 0.2) is 5.82 Å². The fourth-order valence-electron chi connectivity index (χ4n) is 2.15. The molecule has 0 saturated carbocycles. The number of rotatable bonds is 3. The summed E-state index contributed by atoms with van der Waals surface area (Å²) in [6, 6.07) is 5.41. The van der Waals surface area contributed by atoms with Crippen molar-refractivity contribution >= 4 is 11.7 Å². The summed E-state index contributed by atoms with van der Waals surface area (Å²) in [5.74, 6) is 0.549. The molecule has 0 bridgehead atoms. The highest BCUT2D eigenvalue weighted by Gasteiger charge is 2.22. The van der Waals surface area contributed by atoms with Crippen LogP contribution in [0, 0.1) is 0 Å². The van der Waals surface area contributed by atoms with Crippen LogP contribution in [0.15, 0.2) is 36.8 Å². The average Bonchev–Trinajstić information content (AvgIpc) is 3.11. The summed E-state index contributed by atoms with van der Waals surface area (Å²) in [4.78, 5) is 15.9. The van der Waals surface area contributed by atoms with E-state index in [9.17, 15) is 4.79 Å². The summed E-state index contributed by atoms with van der Waals surface area (Å²) < 4.78 is 1.71. The smallest absolute Gasteiger partial charge is 0.242 e. The normalized spacial score (nSPS) is 18.4. The van der Waals surface area contributed by atoms with Gasteiger partial charge >= 0.3 is 0 Å². The molecule has 6 nitrogen and oxygen atoms in total. The van der Waals surface area contributed by atoms with Crippen LogP contribution in [-0.4, -0.2) is 33.3 Å². The number of nitrogens with zero attached hydrogens (tertiary/aromatic N) is 3. The first kappa shape index (κ1) is 11.9. The van der Waals surface area contributed by atoms with E-state index in [1.165, 1.54) is 0 Å². The van der Waals surface area contributed by atoms with E-state index in [0.717, 1.165) is 25.1 Å². The number of carbonyl (C=O) groups is 1. The van der Waals surface area contributed by atoms with Crippen molar-refractivity contribution in [3.05, 3.63) is 36.8 Å². The monoisotopic (exact) mass is 257 g/mol. The van der Waals surface area contributed by atoms with Crippen molar-refractivity contribution in [1.82, 2.24) is 20.1 Å². The maximum atomic E-state index is 11.9. The van der Waals surface area contributed by atoms with Gasteiger partial charge in [0, 0.05) is 24.7 Å². The van der Waals surface area contributed by atoms with Crippen molar-refractivity contribution < 1.29 is 4.79 Å². The second-order valence-electron chi connectivity index (χ2n) is 4.49. The Morgan fingerprint density at radius 3 is 2.95 bits per heavy atom. The van der Waals surface area contributed by atoms with Gasteiger partial charge < -0.3 is 10.6 Å². The van der Waals surface area contributed by atoms with Crippen LogP contribution in [-0.2, 0) is 4.79 Å². The van der Waals surface area contributed by atoms with E-state index in [2.05, 4.69) is 20.7 Å². The molecular weight excluding hydrogens is 242 g/mol. The lowest BCUT2D eigenvalue weighted by Crippen LogP contribution is -2.35. The SMILES string of the molecule is O=C(Nc1ccn(-c2ccncc2)n1)C1CCCN1. The van der Waals surface area contributed by atoms with Gasteiger partial charge in [0.2, 0.25) is 5.91 Å². The molecule has 1 saturated heterocycles. The van der Waals surface area contributed by atoms with E-state index in [0.29, 0.717) is 5.82 Å². The highest BCUT2D eigenvalue weighted by Crippen LogP contribution is 2.11. The molecule has 1 aliphatic heterocycles. The van der Waals surface area contributed by atoms with E-state index < -0.39 is 0 Å². The standard InChI is InChI=1S/C13H15N5O/c19-13(11-2-1-6-15-11)16-12-5-9-18(17-12)10-3-7-14-8-4-10/h3-5,7-9,11,15H,1-2,6H2,(H,16,17,19). The van der Waals surface area contributed by atoms with Crippen molar-refractivity contribution in [3.63, 3.8) is 0 Å². The van der Waals surface area contributed by atoms with E-state index in [1.807, 2.05) is 18.3 Å². The maximum Gasteiger partial charge on any atom is 0.242 e. The Labute approximate surface area is 110 Å². The molecule has 1 fully saturated rings. The molecule has 2 aromatic rings. The van der Waals surface area contributed by atoms with Crippen LogP contribution in [0.1, 0.15) is 12.8 Å². The molecule has 6 heteroatoms. The number of hydrogen-bond donors (Lipinski definition) is 2. The molecule has 19 heavy (non-hydrogen) atoms. The second kappa shape index (κ2) is 5.19. The summed E-state index contributed by atoms with van der Waals surface area (Å²) in [7, 11) is 0. The van der Waals surface area contributed by atoms with Crippen molar-refractivity contribution in [3.8, 4) is 5.69 Å². The van der Waals surface area contributed by atoms with Gasteiger partial charge in [-0.2, -0.15) is 5.10 Å². The van der Waals surface area contributed by atoms with E-state index in [1.54, 1.807) is 23.1 Å². The third kappa shape index (κ3) is 2.63. The molecule has 2 aromatic heterocycles. The molecule has 0 aromatic carbocycles. The van der Waals surface area contributed by atoms with Crippen LogP contribution in [0.5, 0.6) is 0 Å². The van der Waals surface area contributed by atoms with Crippen LogP contribution < -0.4 is 10.6 Å². The van der Waals surface area contributed by atoms with E-state index in [4.69, 9.17) is 0 Å². The lowest BCUT2D eigenvalue weighted by Gasteiger charge is -2.08. The zero-order valence-electron chi connectivity index (χ0n) is 10.4. The predicted octanol–water partition coefficient (Wildman–Crippen LogP) is 0.958. The molecule has 2 N–H and O–H groups in total. The van der Waals surface area contributed by atoms with Crippen LogP contribution in [0.2, 0.25) is 0 Å². The Hall–Kier alpha value is -2.21. The predicted molar refractivity (Wildman–Crippen MR) is 71.0 cm³/mol. The Kier molecular flexibility index (Phi) is 3.24. The Bertz CT molecular complexity index is 559. The molecule has 0 spiro atoms. The van der Waals surface area contributed by atoms with Gasteiger partial charge in [0.25, 0.3) is 0 Å². The topological polar surface area (TPSA) is 71.8 Å². The molecule has 1 amide bonds. The molecule has 0 radical (unpaired) electrons. The zero-order chi connectivity index (χ0) is 13.1. The number of pyridine rings is 1. The van der Waals surface area contributed by atoms with Crippen molar-refractivity contribution in [2.45, 2.75) is 18.9 Å². The second-order valence-corrected chi connectivity index (χ2v) is 4.49. The summed E-state index contributed by atoms with van der Waals surface area (Å²) in [6.07, 6.45) is 7.16. The van der Waals surface area contributed by atoms with Gasteiger partial charge in [-0.25, -0.2) is 4.68 Å². The molecule has 1 atom stereocenters. The first-order valence-corrected chi connectivity index (χ1v) is 6.33. The Morgan fingerprint density at radius 1 is 1.37 bits per heavy atom. The van der Waals surface area contributed by atoms with Crippen LogP contribution in [0.3, 0.4) is 0 Å². The Morgan fingerprint density at radius 2 is 2.21 bits per heavy atom. The number of nitrogens with one attached hydrogen (secondary N) is 2. The van der Waals surface area contributed by atoms with Crippen LogP contribution >= 0.6 is 0 Å². The van der Waals surface area contributed by atoms with Gasteiger partial charge in [-0.05, 0) is 31.5 Å². The summed E-state index contributed by atoms with van der Waals surface area (Å²) in [5, 5.41) is 10.3. The summed E-state index contributed by atoms with van der Waals surface area (Å²) in [5.41, 5.74) is 0.912. The zero-order valence-corrected chi connectivity index (χ0v) is 10.4. The van der Waals surface area contributed by atoms with E-state index in [-0.39, 0.29) is 11.9 Å². The third-order valence-corrected chi connectivity index (χ3v) is 3.14. The Balaban J connectivity index is 1.70. The average molecular weight is 257 g/mol. The van der Waals surface area contributed by atoms with Crippen molar-refractivity contribution in [1.29, 1.82) is 0 Å². The van der Waals surface area contributed by atoms with Crippen LogP contribution in [0.25, 0.3) is 5.69 Å². The fourth-order valence-corrected chi connectivity index (χ4v) is 2.15. The van der Waals surface area contributed by atoms with Crippen LogP contribution in [0.4, 0.5) is 5.82 Å². The summed E-state index contributed by atoms with van der Waals surface area (Å²) in [6.45, 7) is 0.906. The largest absolute Gasteiger partial charge is 0.308 e. The van der Waals surface area contributed by atoms with Gasteiger partial charge in [-0.15, -0.1) is 0 Å². The molecule has 3 rings (SSSR count). The fraction of sp³-hybridized carbons (Fsp3) is 0.308. The van der Waals surface area contributed by atoms with Gasteiger partial charge in [-0.1, -0.05) is 0 Å². The highest BCUT2D eigenvalue weighted by molar-refractivity contribution is 5.94. The van der Waals surface area contributed by atoms with E-state index >= 15 is 0 Å². The number of aromatic nitrogens is 3. The number of carbonyl (C=O) groups excluding carboxylic acids is 1. The minimum Gasteiger partial charge on any atom is -0.308 e. The number of amides is 1. The molecule has 3 heterocycles. The quantitative estimate of drug-likeness (QED) is 0.859. The molecule has 1 aliphatic rings. The minimum atomic E-state index is -0.0916. The van der Waals surface area contributed by atoms with Crippen molar-refractivity contribution in [2.75, 3.05) is 11.9 Å². The summed E-state index contributed by atoms with van der Waals surface area (Å²) >= 11 is 0. The first-order valence-electron chi connectivity index (χ1n) is 6.33. The third-order valence-electron chi connectivity index (χ3n) is 3.14. The van der Waals surface area contributed by atoms with Gasteiger partial charge in [0.05, 0.1) is 11.7 Å². The first-order chi connectivity index (χ1) is 9.33. The molecule has 1 unspecified atom stereocenters. The number of hydrogen-bond acceptors (Lipinski definition) is 4. The highest BCUT2D eigenvalue weighted by atomic mass is 16.2. The number of anilines is 1. The lowest BCUT2D eigenvalue weighted by molar-refractivity contribution is -0.117. The molecular formula is C13H15N5O. The molecule has 98 valence electrons. The van der Waals surface area contributed by atoms with Crippen molar-refractivity contribution in [2.24, 2.45) is 0 Å². The van der Waals surface area contributed by atoms with Gasteiger partial charge in [0.1, 0.15) is 0 Å². The minimum absolute atomic E-state index is 0.0162. The maximum absolute atomic E-state index is 11.9.